The average Bonchev–Trinajstić information content (AvgIpc) is 3.41. The molecule has 26 heavy (non-hydrogen) atoms. The van der Waals surface area contributed by atoms with Gasteiger partial charge in [0.1, 0.15) is 12.1 Å². The first-order chi connectivity index (χ1) is 12.7. The maximum absolute atomic E-state index is 13.2. The molecule has 2 aliphatic rings. The van der Waals surface area contributed by atoms with Crippen molar-refractivity contribution in [1.82, 2.24) is 20.4 Å². The highest BCUT2D eigenvalue weighted by molar-refractivity contribution is 7.13. The van der Waals surface area contributed by atoms with Crippen LogP contribution in [0.15, 0.2) is 33.5 Å². The second-order valence-corrected chi connectivity index (χ2v) is 8.28. The van der Waals surface area contributed by atoms with E-state index in [1.165, 1.54) is 21.1 Å². The van der Waals surface area contributed by atoms with Crippen LogP contribution in [0.2, 0.25) is 0 Å². The minimum atomic E-state index is -0.943. The van der Waals surface area contributed by atoms with Gasteiger partial charge in [-0.15, -0.1) is 22.7 Å². The molecule has 7 nitrogen and oxygen atoms in total. The molecular formula is C17H14N4O3S2. The van der Waals surface area contributed by atoms with Crippen molar-refractivity contribution in [3.63, 3.8) is 0 Å². The lowest BCUT2D eigenvalue weighted by molar-refractivity contribution is -0.132. The van der Waals surface area contributed by atoms with Gasteiger partial charge in [-0.05, 0) is 42.2 Å². The number of urea groups is 1. The van der Waals surface area contributed by atoms with Crippen LogP contribution in [0.5, 0.6) is 0 Å². The van der Waals surface area contributed by atoms with Gasteiger partial charge in [0.05, 0.1) is 4.88 Å². The average molecular weight is 386 g/mol. The molecule has 1 saturated heterocycles. The van der Waals surface area contributed by atoms with Gasteiger partial charge < -0.3 is 9.84 Å². The highest BCUT2D eigenvalue weighted by Gasteiger charge is 2.54. The van der Waals surface area contributed by atoms with E-state index in [1.807, 2.05) is 29.0 Å². The summed E-state index contributed by atoms with van der Waals surface area (Å²) in [5.74, 6) is 0.475. The van der Waals surface area contributed by atoms with Crippen molar-refractivity contribution in [2.45, 2.75) is 31.3 Å². The Bertz CT molecular complexity index is 994. The molecule has 0 radical (unpaired) electrons. The number of fused-ring (bicyclic) bond motifs is 2. The number of carbonyl (C=O) groups excluding carboxylic acids is 2. The van der Waals surface area contributed by atoms with Gasteiger partial charge in [0.25, 0.3) is 5.91 Å². The van der Waals surface area contributed by atoms with E-state index in [-0.39, 0.29) is 18.3 Å². The van der Waals surface area contributed by atoms with E-state index in [0.717, 1.165) is 23.3 Å². The largest absolute Gasteiger partial charge is 0.337 e. The van der Waals surface area contributed by atoms with Gasteiger partial charge in [-0.2, -0.15) is 4.98 Å². The van der Waals surface area contributed by atoms with Crippen LogP contribution in [0.4, 0.5) is 4.79 Å². The SMILES string of the molecule is O=C1N[C@@]2(CCCc3sccc32)C(=O)N1Cc1nc(-c2cccs2)no1. The van der Waals surface area contributed by atoms with Gasteiger partial charge in [0.15, 0.2) is 0 Å². The summed E-state index contributed by atoms with van der Waals surface area (Å²) in [7, 11) is 0. The first kappa shape index (κ1) is 15.7. The van der Waals surface area contributed by atoms with Crippen LogP contribution >= 0.6 is 22.7 Å². The Balaban J connectivity index is 1.43. The molecule has 1 fully saturated rings. The number of hydrogen-bond acceptors (Lipinski definition) is 7. The van der Waals surface area contributed by atoms with E-state index in [9.17, 15) is 9.59 Å². The lowest BCUT2D eigenvalue weighted by Gasteiger charge is -2.31. The molecule has 1 aliphatic heterocycles. The lowest BCUT2D eigenvalue weighted by Crippen LogP contribution is -2.46. The van der Waals surface area contributed by atoms with E-state index in [1.54, 1.807) is 11.3 Å². The van der Waals surface area contributed by atoms with Crippen LogP contribution in [0, 0.1) is 0 Å². The summed E-state index contributed by atoms with van der Waals surface area (Å²) in [5, 5.41) is 10.8. The topological polar surface area (TPSA) is 88.3 Å². The summed E-state index contributed by atoms with van der Waals surface area (Å²) >= 11 is 3.14. The van der Waals surface area contributed by atoms with Crippen LogP contribution in [-0.4, -0.2) is 27.0 Å². The predicted molar refractivity (Wildman–Crippen MR) is 95.6 cm³/mol. The predicted octanol–water partition coefficient (Wildman–Crippen LogP) is 3.14. The molecule has 9 heteroatoms. The summed E-state index contributed by atoms with van der Waals surface area (Å²) in [6, 6.07) is 5.33. The molecule has 1 atom stereocenters. The third kappa shape index (κ3) is 2.24. The molecule has 1 aliphatic carbocycles. The molecule has 0 bridgehead atoms. The number of carbonyl (C=O) groups is 2. The molecule has 0 saturated carbocycles. The van der Waals surface area contributed by atoms with Crippen LogP contribution < -0.4 is 5.32 Å². The van der Waals surface area contributed by atoms with E-state index in [2.05, 4.69) is 15.5 Å². The van der Waals surface area contributed by atoms with Crippen LogP contribution in [0.1, 0.15) is 29.2 Å². The number of imide groups is 1. The molecule has 5 rings (SSSR count). The second-order valence-electron chi connectivity index (χ2n) is 6.33. The van der Waals surface area contributed by atoms with E-state index >= 15 is 0 Å². The first-order valence-corrected chi connectivity index (χ1v) is 10.0. The number of nitrogens with one attached hydrogen (secondary N) is 1. The van der Waals surface area contributed by atoms with Crippen molar-refractivity contribution in [3.05, 3.63) is 45.3 Å². The Hall–Kier alpha value is -2.52. The fourth-order valence-corrected chi connectivity index (χ4v) is 5.29. The van der Waals surface area contributed by atoms with Crippen molar-refractivity contribution in [3.8, 4) is 10.7 Å². The molecule has 0 unspecified atom stereocenters. The van der Waals surface area contributed by atoms with Gasteiger partial charge >= 0.3 is 6.03 Å². The molecule has 1 N–H and O–H groups in total. The Morgan fingerprint density at radius 1 is 1.27 bits per heavy atom. The summed E-state index contributed by atoms with van der Waals surface area (Å²) in [4.78, 5) is 33.2. The number of aromatic nitrogens is 2. The van der Waals surface area contributed by atoms with Crippen LogP contribution in [-0.2, 0) is 23.3 Å². The molecule has 132 valence electrons. The Labute approximate surface area is 156 Å². The molecule has 1 spiro atoms. The third-order valence-electron chi connectivity index (χ3n) is 4.84. The van der Waals surface area contributed by atoms with Crippen molar-refractivity contribution in [2.75, 3.05) is 0 Å². The van der Waals surface area contributed by atoms with Crippen LogP contribution in [0.3, 0.4) is 0 Å². The summed E-state index contributed by atoms with van der Waals surface area (Å²) in [6.45, 7) is -0.0235. The maximum atomic E-state index is 13.2. The fraction of sp³-hybridized carbons (Fsp3) is 0.294. The highest BCUT2D eigenvalue weighted by atomic mass is 32.1. The zero-order valence-electron chi connectivity index (χ0n) is 13.6. The van der Waals surface area contributed by atoms with Crippen LogP contribution in [0.25, 0.3) is 10.7 Å². The lowest BCUT2D eigenvalue weighted by atomic mass is 9.80. The molecule has 4 heterocycles. The van der Waals surface area contributed by atoms with Gasteiger partial charge in [-0.25, -0.2) is 4.79 Å². The monoisotopic (exact) mass is 386 g/mol. The van der Waals surface area contributed by atoms with E-state index in [4.69, 9.17) is 4.52 Å². The van der Waals surface area contributed by atoms with Crippen molar-refractivity contribution in [1.29, 1.82) is 0 Å². The van der Waals surface area contributed by atoms with Gasteiger partial charge in [0, 0.05) is 10.4 Å². The maximum Gasteiger partial charge on any atom is 0.325 e. The van der Waals surface area contributed by atoms with Gasteiger partial charge in [-0.1, -0.05) is 11.2 Å². The number of amides is 3. The van der Waals surface area contributed by atoms with E-state index in [0.29, 0.717) is 12.2 Å². The van der Waals surface area contributed by atoms with Gasteiger partial charge in [0.2, 0.25) is 11.7 Å². The minimum Gasteiger partial charge on any atom is -0.337 e. The molecule has 3 aromatic rings. The molecule has 0 aromatic carbocycles. The first-order valence-electron chi connectivity index (χ1n) is 8.25. The summed E-state index contributed by atoms with van der Waals surface area (Å²) in [5.41, 5.74) is -0.0132. The molecular weight excluding hydrogens is 372 g/mol. The zero-order valence-corrected chi connectivity index (χ0v) is 15.2. The second kappa shape index (κ2) is 5.75. The van der Waals surface area contributed by atoms with Crippen molar-refractivity contribution < 1.29 is 14.1 Å². The number of rotatable bonds is 3. The third-order valence-corrected chi connectivity index (χ3v) is 6.69. The minimum absolute atomic E-state index is 0.0235. The zero-order chi connectivity index (χ0) is 17.7. The standard InChI is InChI=1S/C17H14N4O3S2/c22-15-17(6-1-3-11-10(17)5-8-26-11)19-16(23)21(15)9-13-18-14(20-24-13)12-4-2-7-25-12/h2,4-5,7-8H,1,3,6,9H2,(H,19,23)/t17-/m1/s1. The molecule has 3 aromatic heterocycles. The number of thiophene rings is 2. The number of hydrogen-bond donors (Lipinski definition) is 1. The number of aryl methyl sites for hydroxylation is 1. The Morgan fingerprint density at radius 3 is 3.04 bits per heavy atom. The highest BCUT2D eigenvalue weighted by Crippen LogP contribution is 2.42. The summed E-state index contributed by atoms with van der Waals surface area (Å²) in [6.07, 6.45) is 2.43. The Kier molecular flexibility index (Phi) is 3.47. The number of nitrogens with zero attached hydrogens (tertiary/aromatic N) is 3. The van der Waals surface area contributed by atoms with Crippen molar-refractivity contribution in [2.24, 2.45) is 0 Å². The van der Waals surface area contributed by atoms with Gasteiger partial charge in [-0.3, -0.25) is 9.69 Å². The Morgan fingerprint density at radius 2 is 2.19 bits per heavy atom. The fourth-order valence-electron chi connectivity index (χ4n) is 3.65. The smallest absolute Gasteiger partial charge is 0.325 e. The van der Waals surface area contributed by atoms with E-state index < -0.39 is 11.6 Å². The normalized spacial score (nSPS) is 22.1. The quantitative estimate of drug-likeness (QED) is 0.699. The van der Waals surface area contributed by atoms with Crippen molar-refractivity contribution >= 4 is 34.6 Å². The summed E-state index contributed by atoms with van der Waals surface area (Å²) < 4.78 is 5.25. The molecule has 3 amide bonds.